The van der Waals surface area contributed by atoms with Crippen molar-refractivity contribution in [3.05, 3.63) is 52.5 Å². The van der Waals surface area contributed by atoms with Crippen LogP contribution in [0.5, 0.6) is 17.2 Å². The summed E-state index contributed by atoms with van der Waals surface area (Å²) in [5.41, 5.74) is 1.47. The molecule has 0 aliphatic carbocycles. The molecule has 1 atom stereocenters. The molecule has 0 spiro atoms. The van der Waals surface area contributed by atoms with Crippen molar-refractivity contribution >= 4 is 29.2 Å². The van der Waals surface area contributed by atoms with E-state index in [1.54, 1.807) is 43.5 Å². The van der Waals surface area contributed by atoms with Gasteiger partial charge in [-0.25, -0.2) is 0 Å². The summed E-state index contributed by atoms with van der Waals surface area (Å²) in [5, 5.41) is 0.600. The maximum Gasteiger partial charge on any atom is 0.260 e. The van der Waals surface area contributed by atoms with Gasteiger partial charge >= 0.3 is 0 Å². The lowest BCUT2D eigenvalue weighted by atomic mass is 9.94. The van der Waals surface area contributed by atoms with Crippen LogP contribution in [0.4, 0.5) is 0 Å². The van der Waals surface area contributed by atoms with Crippen LogP contribution in [0.15, 0.2) is 46.4 Å². The number of rotatable bonds is 3. The number of amides is 1. The number of carbonyl (C=O) groups excluding carboxylic acids is 1. The number of hydrogen-bond donors (Lipinski definition) is 0. The van der Waals surface area contributed by atoms with Crippen LogP contribution in [-0.2, 0) is 11.2 Å². The molecule has 6 nitrogen and oxygen atoms in total. The Bertz CT molecular complexity index is 968. The summed E-state index contributed by atoms with van der Waals surface area (Å²) in [6, 6.07) is 10.6. The van der Waals surface area contributed by atoms with E-state index in [9.17, 15) is 4.79 Å². The van der Waals surface area contributed by atoms with Gasteiger partial charge in [-0.2, -0.15) is 9.98 Å². The Balaban J connectivity index is 1.74. The van der Waals surface area contributed by atoms with Gasteiger partial charge in [0.2, 0.25) is 5.90 Å². The van der Waals surface area contributed by atoms with Gasteiger partial charge in [0, 0.05) is 11.1 Å². The van der Waals surface area contributed by atoms with Crippen molar-refractivity contribution in [3.63, 3.8) is 0 Å². The van der Waals surface area contributed by atoms with E-state index in [0.717, 1.165) is 5.56 Å². The molecule has 2 aliphatic rings. The predicted octanol–water partition coefficient (Wildman–Crippen LogP) is 3.29. The Morgan fingerprint density at radius 3 is 2.73 bits per heavy atom. The fourth-order valence-electron chi connectivity index (χ4n) is 3.01. The molecule has 4 rings (SSSR count). The van der Waals surface area contributed by atoms with Crippen molar-refractivity contribution in [2.45, 2.75) is 6.42 Å². The van der Waals surface area contributed by atoms with Crippen molar-refractivity contribution < 1.29 is 19.0 Å². The lowest BCUT2D eigenvalue weighted by Crippen LogP contribution is -2.37. The third kappa shape index (κ3) is 2.82. The second-order valence-electron chi connectivity index (χ2n) is 5.90. The van der Waals surface area contributed by atoms with E-state index in [1.165, 1.54) is 7.11 Å². The number of amidine groups is 1. The number of fused-ring (bicyclic) bond motifs is 2. The van der Waals surface area contributed by atoms with Gasteiger partial charge in [0.05, 0.1) is 19.8 Å². The van der Waals surface area contributed by atoms with E-state index in [4.69, 9.17) is 25.8 Å². The molecule has 1 amide bonds. The molecule has 1 unspecified atom stereocenters. The molecular weight excluding hydrogens is 356 g/mol. The van der Waals surface area contributed by atoms with Crippen LogP contribution >= 0.6 is 11.6 Å². The average Bonchev–Trinajstić information content (AvgIpc) is 2.66. The van der Waals surface area contributed by atoms with Gasteiger partial charge in [-0.1, -0.05) is 11.6 Å². The molecule has 2 aromatic carbocycles. The third-order valence-corrected chi connectivity index (χ3v) is 4.57. The number of ether oxygens (including phenoxy) is 3. The number of carbonyl (C=O) groups is 1. The summed E-state index contributed by atoms with van der Waals surface area (Å²) in [6.07, 6.45) is 0.462. The minimum absolute atomic E-state index is 0.262. The van der Waals surface area contributed by atoms with E-state index in [0.29, 0.717) is 40.2 Å². The molecule has 0 fully saturated rings. The zero-order valence-corrected chi connectivity index (χ0v) is 14.9. The van der Waals surface area contributed by atoms with Crippen LogP contribution in [0, 0.1) is 5.92 Å². The van der Waals surface area contributed by atoms with E-state index in [-0.39, 0.29) is 11.7 Å². The first-order chi connectivity index (χ1) is 12.6. The summed E-state index contributed by atoms with van der Waals surface area (Å²) in [4.78, 5) is 21.2. The summed E-state index contributed by atoms with van der Waals surface area (Å²) >= 11 is 6.03. The van der Waals surface area contributed by atoms with Gasteiger partial charge in [-0.05, 0) is 42.3 Å². The van der Waals surface area contributed by atoms with Crippen molar-refractivity contribution in [1.82, 2.24) is 0 Å². The molecule has 0 aromatic heterocycles. The fraction of sp³-hybridized carbons (Fsp3) is 0.211. The Morgan fingerprint density at radius 2 is 1.96 bits per heavy atom. The molecular formula is C19H15ClN2O4. The first-order valence-electron chi connectivity index (χ1n) is 7.99. The highest BCUT2D eigenvalue weighted by molar-refractivity contribution is 6.30. The van der Waals surface area contributed by atoms with Crippen LogP contribution in [0.1, 0.15) is 11.1 Å². The molecule has 0 bridgehead atoms. The number of halogens is 1. The van der Waals surface area contributed by atoms with Crippen LogP contribution in [0.25, 0.3) is 0 Å². The molecule has 7 heteroatoms. The summed E-state index contributed by atoms with van der Waals surface area (Å²) < 4.78 is 16.4. The smallest absolute Gasteiger partial charge is 0.260 e. The molecule has 132 valence electrons. The Kier molecular flexibility index (Phi) is 4.12. The van der Waals surface area contributed by atoms with Gasteiger partial charge in [0.1, 0.15) is 23.2 Å². The number of nitrogens with zero attached hydrogens (tertiary/aromatic N) is 2. The Morgan fingerprint density at radius 1 is 1.12 bits per heavy atom. The number of hydrogen-bond acceptors (Lipinski definition) is 5. The first-order valence-corrected chi connectivity index (χ1v) is 8.36. The molecule has 2 aliphatic heterocycles. The quantitative estimate of drug-likeness (QED) is 0.831. The fourth-order valence-corrected chi connectivity index (χ4v) is 3.20. The summed E-state index contributed by atoms with van der Waals surface area (Å²) in [5.74, 6) is 1.58. The lowest BCUT2D eigenvalue weighted by molar-refractivity contribution is -0.120. The van der Waals surface area contributed by atoms with Crippen LogP contribution in [0.2, 0.25) is 5.02 Å². The van der Waals surface area contributed by atoms with Crippen LogP contribution in [-0.4, -0.2) is 31.9 Å². The van der Waals surface area contributed by atoms with Gasteiger partial charge in [-0.3, -0.25) is 4.79 Å². The lowest BCUT2D eigenvalue weighted by Gasteiger charge is -2.27. The van der Waals surface area contributed by atoms with E-state index < -0.39 is 5.92 Å². The Hall–Kier alpha value is -2.86. The largest absolute Gasteiger partial charge is 0.497 e. The SMILES string of the molecule is COc1ccc(C2=NC(=O)C3Cc4cc(Cl)ccc4OC3=N2)c(OC)c1. The van der Waals surface area contributed by atoms with Gasteiger partial charge < -0.3 is 14.2 Å². The van der Waals surface area contributed by atoms with Crippen molar-refractivity contribution in [2.24, 2.45) is 15.9 Å². The van der Waals surface area contributed by atoms with Crippen molar-refractivity contribution in [3.8, 4) is 17.2 Å². The highest BCUT2D eigenvalue weighted by Crippen LogP contribution is 2.34. The molecule has 2 aromatic rings. The zero-order valence-electron chi connectivity index (χ0n) is 14.2. The standard InChI is InChI=1S/C19H15ClN2O4/c1-24-12-4-5-13(16(9-12)25-2)17-21-18(23)14-8-10-7-11(20)3-6-15(10)26-19(14)22-17/h3-7,9,14H,8H2,1-2H3. The van der Waals surface area contributed by atoms with Crippen LogP contribution in [0.3, 0.4) is 0 Å². The van der Waals surface area contributed by atoms with Crippen LogP contribution < -0.4 is 14.2 Å². The van der Waals surface area contributed by atoms with Gasteiger partial charge in [-0.15, -0.1) is 0 Å². The summed E-state index contributed by atoms with van der Waals surface area (Å²) in [7, 11) is 3.11. The van der Waals surface area contributed by atoms with E-state index in [2.05, 4.69) is 9.98 Å². The predicted molar refractivity (Wildman–Crippen MR) is 97.8 cm³/mol. The molecule has 0 N–H and O–H groups in total. The average molecular weight is 371 g/mol. The van der Waals surface area contributed by atoms with Gasteiger partial charge in [0.25, 0.3) is 5.91 Å². The second kappa shape index (κ2) is 6.46. The van der Waals surface area contributed by atoms with E-state index in [1.807, 2.05) is 0 Å². The van der Waals surface area contributed by atoms with Crippen molar-refractivity contribution in [2.75, 3.05) is 14.2 Å². The molecule has 0 saturated carbocycles. The molecule has 0 saturated heterocycles. The van der Waals surface area contributed by atoms with Crippen molar-refractivity contribution in [1.29, 1.82) is 0 Å². The highest BCUT2D eigenvalue weighted by atomic mass is 35.5. The normalized spacial score (nSPS) is 18.1. The molecule has 2 heterocycles. The van der Waals surface area contributed by atoms with Gasteiger partial charge in [0.15, 0.2) is 5.84 Å². The summed E-state index contributed by atoms with van der Waals surface area (Å²) in [6.45, 7) is 0. The number of methoxy groups -OCH3 is 2. The molecule has 26 heavy (non-hydrogen) atoms. The number of aliphatic imine (C=N–C) groups is 2. The monoisotopic (exact) mass is 370 g/mol. The van der Waals surface area contributed by atoms with E-state index >= 15 is 0 Å². The first kappa shape index (κ1) is 16.6. The number of benzene rings is 2. The third-order valence-electron chi connectivity index (χ3n) is 4.34. The maximum absolute atomic E-state index is 12.6. The minimum atomic E-state index is -0.533. The topological polar surface area (TPSA) is 69.5 Å². The zero-order chi connectivity index (χ0) is 18.3. The Labute approximate surface area is 155 Å². The minimum Gasteiger partial charge on any atom is -0.497 e. The highest BCUT2D eigenvalue weighted by Gasteiger charge is 2.36. The second-order valence-corrected chi connectivity index (χ2v) is 6.34. The molecule has 0 radical (unpaired) electrons. The maximum atomic E-state index is 12.6.